The van der Waals surface area contributed by atoms with E-state index in [1.54, 1.807) is 23.0 Å². The van der Waals surface area contributed by atoms with Gasteiger partial charge >= 0.3 is 0 Å². The molecule has 172 valence electrons. The summed E-state index contributed by atoms with van der Waals surface area (Å²) in [5, 5.41) is 2.17. The van der Waals surface area contributed by atoms with Gasteiger partial charge < -0.3 is 13.9 Å². The number of rotatable bonds is 4. The molecular weight excluding hydrogens is 442 g/mol. The molecule has 0 N–H and O–H groups in total. The first kappa shape index (κ1) is 21.3. The SMILES string of the molecule is Cc1cc(-c2cnc3c4sccc4n(C(c4ccccc4)C4CCOCC4)c3c2)cn(C)c1=O. The van der Waals surface area contributed by atoms with E-state index < -0.39 is 0 Å². The maximum atomic E-state index is 12.3. The van der Waals surface area contributed by atoms with Crippen molar-refractivity contribution in [1.29, 1.82) is 0 Å². The molecule has 0 aliphatic carbocycles. The minimum atomic E-state index is 0.0327. The predicted octanol–water partition coefficient (Wildman–Crippen LogP) is 5.94. The number of benzene rings is 1. The lowest BCUT2D eigenvalue weighted by Crippen LogP contribution is -2.26. The monoisotopic (exact) mass is 469 g/mol. The van der Waals surface area contributed by atoms with Crippen LogP contribution in [0.5, 0.6) is 0 Å². The van der Waals surface area contributed by atoms with Crippen LogP contribution in [0.15, 0.2) is 71.1 Å². The molecule has 0 spiro atoms. The van der Waals surface area contributed by atoms with Crippen LogP contribution in [0, 0.1) is 12.8 Å². The Balaban J connectivity index is 1.61. The van der Waals surface area contributed by atoms with Gasteiger partial charge in [0, 0.05) is 49.3 Å². The van der Waals surface area contributed by atoms with Crippen molar-refractivity contribution in [1.82, 2.24) is 14.1 Å². The minimum Gasteiger partial charge on any atom is -0.381 e. The quantitative estimate of drug-likeness (QED) is 0.327. The zero-order valence-corrected chi connectivity index (χ0v) is 20.2. The third-order valence-corrected chi connectivity index (χ3v) is 7.98. The van der Waals surface area contributed by atoms with E-state index in [0.29, 0.717) is 5.92 Å². The molecular formula is C28H27N3O2S. The van der Waals surface area contributed by atoms with Crippen LogP contribution >= 0.6 is 11.3 Å². The van der Waals surface area contributed by atoms with E-state index in [1.165, 1.54) is 15.8 Å². The van der Waals surface area contributed by atoms with Gasteiger partial charge in [-0.05, 0) is 54.8 Å². The van der Waals surface area contributed by atoms with E-state index in [2.05, 4.69) is 52.4 Å². The van der Waals surface area contributed by atoms with Crippen molar-refractivity contribution in [3.63, 3.8) is 0 Å². The molecule has 0 bridgehead atoms. The van der Waals surface area contributed by atoms with Gasteiger partial charge in [0.1, 0.15) is 5.52 Å². The number of hydrogen-bond acceptors (Lipinski definition) is 4. The predicted molar refractivity (Wildman–Crippen MR) is 139 cm³/mol. The number of fused-ring (bicyclic) bond motifs is 3. The van der Waals surface area contributed by atoms with E-state index >= 15 is 0 Å². The van der Waals surface area contributed by atoms with Crippen LogP contribution in [0.25, 0.3) is 32.4 Å². The first-order valence-corrected chi connectivity index (χ1v) is 12.7. The number of hydrogen-bond donors (Lipinski definition) is 0. The van der Waals surface area contributed by atoms with E-state index in [4.69, 9.17) is 9.72 Å². The van der Waals surface area contributed by atoms with Gasteiger partial charge in [-0.2, -0.15) is 0 Å². The van der Waals surface area contributed by atoms with Crippen molar-refractivity contribution in [2.75, 3.05) is 13.2 Å². The van der Waals surface area contributed by atoms with Gasteiger partial charge in [-0.15, -0.1) is 11.3 Å². The highest BCUT2D eigenvalue weighted by molar-refractivity contribution is 7.18. The molecule has 6 heteroatoms. The third kappa shape index (κ3) is 3.49. The number of aryl methyl sites for hydroxylation is 2. The van der Waals surface area contributed by atoms with Crippen molar-refractivity contribution >= 4 is 32.6 Å². The number of pyridine rings is 2. The molecule has 1 unspecified atom stereocenters. The molecule has 1 fully saturated rings. The van der Waals surface area contributed by atoms with Crippen molar-refractivity contribution in [2.45, 2.75) is 25.8 Å². The lowest BCUT2D eigenvalue weighted by atomic mass is 9.86. The Labute approximate surface area is 202 Å². The van der Waals surface area contributed by atoms with Gasteiger partial charge in [-0.3, -0.25) is 9.78 Å². The van der Waals surface area contributed by atoms with Crippen LogP contribution in [0.1, 0.15) is 30.0 Å². The van der Waals surface area contributed by atoms with Crippen LogP contribution in [-0.2, 0) is 11.8 Å². The summed E-state index contributed by atoms with van der Waals surface area (Å²) in [6, 6.07) is 17.5. The molecule has 6 rings (SSSR count). The Hall–Kier alpha value is -3.22. The Kier molecular flexibility index (Phi) is 5.35. The number of aromatic nitrogens is 3. The molecule has 0 saturated carbocycles. The van der Waals surface area contributed by atoms with Crippen LogP contribution in [0.3, 0.4) is 0 Å². The zero-order chi connectivity index (χ0) is 23.2. The molecule has 5 nitrogen and oxygen atoms in total. The first-order valence-electron chi connectivity index (χ1n) is 11.8. The largest absolute Gasteiger partial charge is 0.381 e. The van der Waals surface area contributed by atoms with Gasteiger partial charge in [0.25, 0.3) is 5.56 Å². The Morgan fingerprint density at radius 2 is 1.85 bits per heavy atom. The van der Waals surface area contributed by atoms with Crippen molar-refractivity contribution in [3.8, 4) is 11.1 Å². The van der Waals surface area contributed by atoms with Gasteiger partial charge in [0.2, 0.25) is 0 Å². The summed E-state index contributed by atoms with van der Waals surface area (Å²) >= 11 is 1.75. The molecule has 0 radical (unpaired) electrons. The summed E-state index contributed by atoms with van der Waals surface area (Å²) in [7, 11) is 1.81. The van der Waals surface area contributed by atoms with Gasteiger partial charge in [-0.1, -0.05) is 30.3 Å². The molecule has 5 heterocycles. The standard InChI is InChI=1S/C28H27N3O2S/c1-18-14-22(17-30(2)28(18)32)21-15-24-25(29-16-21)27-23(10-13-34-27)31(24)26(19-6-4-3-5-7-19)20-8-11-33-12-9-20/h3-7,10,13-17,20,26H,8-9,11-12H2,1-2H3. The van der Waals surface area contributed by atoms with Gasteiger partial charge in [0.15, 0.2) is 0 Å². The normalized spacial score (nSPS) is 15.8. The van der Waals surface area contributed by atoms with E-state index in [-0.39, 0.29) is 11.6 Å². The van der Waals surface area contributed by atoms with Crippen molar-refractivity contribution in [3.05, 3.63) is 87.8 Å². The molecule has 1 aliphatic rings. The molecule has 5 aromatic rings. The second-order valence-corrected chi connectivity index (χ2v) is 10.1. The first-order chi connectivity index (χ1) is 16.6. The average Bonchev–Trinajstić information content (AvgIpc) is 3.45. The number of ether oxygens (including phenoxy) is 1. The maximum Gasteiger partial charge on any atom is 0.253 e. The van der Waals surface area contributed by atoms with Crippen LogP contribution in [0.4, 0.5) is 0 Å². The van der Waals surface area contributed by atoms with Gasteiger partial charge in [-0.25, -0.2) is 0 Å². The summed E-state index contributed by atoms with van der Waals surface area (Å²) in [5.74, 6) is 0.485. The van der Waals surface area contributed by atoms with E-state index in [0.717, 1.165) is 53.8 Å². The summed E-state index contributed by atoms with van der Waals surface area (Å²) in [4.78, 5) is 17.2. The van der Waals surface area contributed by atoms with Crippen LogP contribution in [0.2, 0.25) is 0 Å². The number of thiophene rings is 1. The summed E-state index contributed by atoms with van der Waals surface area (Å²) in [6.45, 7) is 3.48. The topological polar surface area (TPSA) is 49.0 Å². The van der Waals surface area contributed by atoms with Crippen molar-refractivity contribution < 1.29 is 4.74 Å². The fourth-order valence-corrected chi connectivity index (χ4v) is 6.31. The lowest BCUT2D eigenvalue weighted by Gasteiger charge is -2.33. The Morgan fingerprint density at radius 1 is 1.06 bits per heavy atom. The molecule has 0 amide bonds. The molecule has 1 aliphatic heterocycles. The fourth-order valence-electron chi connectivity index (χ4n) is 5.42. The summed E-state index contributed by atoms with van der Waals surface area (Å²) in [5.41, 5.74) is 7.55. The smallest absolute Gasteiger partial charge is 0.253 e. The lowest BCUT2D eigenvalue weighted by molar-refractivity contribution is 0.0553. The Morgan fingerprint density at radius 3 is 2.62 bits per heavy atom. The third-order valence-electron chi connectivity index (χ3n) is 7.07. The highest BCUT2D eigenvalue weighted by Gasteiger charge is 2.30. The summed E-state index contributed by atoms with van der Waals surface area (Å²) in [6.07, 6.45) is 5.92. The maximum absolute atomic E-state index is 12.3. The minimum absolute atomic E-state index is 0.0327. The fraction of sp³-hybridized carbons (Fsp3) is 0.286. The second-order valence-electron chi connectivity index (χ2n) is 9.23. The number of nitrogens with zero attached hydrogens (tertiary/aromatic N) is 3. The van der Waals surface area contributed by atoms with E-state index in [9.17, 15) is 4.79 Å². The molecule has 1 saturated heterocycles. The van der Waals surface area contributed by atoms with Gasteiger partial charge in [0.05, 0.1) is 21.8 Å². The molecule has 1 aromatic carbocycles. The highest BCUT2D eigenvalue weighted by Crippen LogP contribution is 2.42. The Bertz CT molecular complexity index is 1510. The zero-order valence-electron chi connectivity index (χ0n) is 19.4. The van der Waals surface area contributed by atoms with E-state index in [1.807, 2.05) is 25.4 Å². The highest BCUT2D eigenvalue weighted by atomic mass is 32.1. The van der Waals surface area contributed by atoms with Crippen LogP contribution < -0.4 is 5.56 Å². The second kappa shape index (κ2) is 8.53. The average molecular weight is 470 g/mol. The molecule has 1 atom stereocenters. The van der Waals surface area contributed by atoms with Crippen LogP contribution in [-0.4, -0.2) is 27.3 Å². The molecule has 34 heavy (non-hydrogen) atoms. The summed E-state index contributed by atoms with van der Waals surface area (Å²) < 4.78 is 11.1. The van der Waals surface area contributed by atoms with Crippen molar-refractivity contribution in [2.24, 2.45) is 13.0 Å². The molecule has 4 aromatic heterocycles.